The number of hydrogen-bond donors (Lipinski definition) is 0. The highest BCUT2D eigenvalue weighted by Crippen LogP contribution is 2.02. The molecule has 0 rings (SSSR count). The van der Waals surface area contributed by atoms with Gasteiger partial charge in [-0.2, -0.15) is 5.26 Å². The van der Waals surface area contributed by atoms with Gasteiger partial charge in [0.1, 0.15) is 6.54 Å². The molecule has 0 aromatic carbocycles. The maximum atomic E-state index is 11.3. The van der Waals surface area contributed by atoms with Gasteiger partial charge in [-0.05, 0) is 27.7 Å². The Balaban J connectivity index is 4.22. The van der Waals surface area contributed by atoms with Gasteiger partial charge in [-0.15, -0.1) is 0 Å². The average molecular weight is 184 g/mol. The number of carbonyl (C=O) groups excluding carboxylic acids is 1. The molecule has 0 aliphatic rings. The van der Waals surface area contributed by atoms with Gasteiger partial charge in [0, 0.05) is 6.04 Å². The van der Waals surface area contributed by atoms with E-state index in [0.29, 0.717) is 0 Å². The number of rotatable bonds is 3. The van der Waals surface area contributed by atoms with Crippen LogP contribution in [0, 0.1) is 11.3 Å². The van der Waals surface area contributed by atoms with Crippen LogP contribution >= 0.6 is 0 Å². The van der Waals surface area contributed by atoms with Crippen LogP contribution in [0.2, 0.25) is 0 Å². The van der Waals surface area contributed by atoms with E-state index in [-0.39, 0.29) is 18.7 Å². The van der Waals surface area contributed by atoms with E-state index >= 15 is 0 Å². The largest absolute Gasteiger partial charge is 0.447 e. The first kappa shape index (κ1) is 11.8. The van der Waals surface area contributed by atoms with Crippen molar-refractivity contribution in [1.82, 2.24) is 4.90 Å². The van der Waals surface area contributed by atoms with Crippen LogP contribution in [0.15, 0.2) is 0 Å². The minimum absolute atomic E-state index is 0.00843. The van der Waals surface area contributed by atoms with E-state index in [4.69, 9.17) is 10.00 Å². The molecule has 0 aliphatic heterocycles. The molecule has 0 atom stereocenters. The molecule has 0 saturated heterocycles. The summed E-state index contributed by atoms with van der Waals surface area (Å²) in [6.07, 6.45) is -0.570. The summed E-state index contributed by atoms with van der Waals surface area (Å²) < 4.78 is 4.96. The number of nitrogens with zero attached hydrogens (tertiary/aromatic N) is 2. The summed E-state index contributed by atoms with van der Waals surface area (Å²) in [5.74, 6) is 0. The van der Waals surface area contributed by atoms with Gasteiger partial charge in [-0.25, -0.2) is 4.79 Å². The van der Waals surface area contributed by atoms with E-state index in [0.717, 1.165) is 0 Å². The molecular weight excluding hydrogens is 168 g/mol. The van der Waals surface area contributed by atoms with Crippen molar-refractivity contribution in [2.24, 2.45) is 0 Å². The molecule has 0 aromatic rings. The van der Waals surface area contributed by atoms with Crippen LogP contribution in [0.3, 0.4) is 0 Å². The number of hydrogen-bond acceptors (Lipinski definition) is 3. The lowest BCUT2D eigenvalue weighted by molar-refractivity contribution is 0.0724. The lowest BCUT2D eigenvalue weighted by Crippen LogP contribution is -2.38. The smallest absolute Gasteiger partial charge is 0.411 e. The van der Waals surface area contributed by atoms with Gasteiger partial charge in [0.25, 0.3) is 0 Å². The summed E-state index contributed by atoms with van der Waals surface area (Å²) in [7, 11) is 0. The van der Waals surface area contributed by atoms with Crippen LogP contribution in [-0.2, 0) is 4.74 Å². The minimum Gasteiger partial charge on any atom is -0.447 e. The second-order valence-electron chi connectivity index (χ2n) is 3.31. The molecule has 0 aromatic heterocycles. The third kappa shape index (κ3) is 4.36. The second-order valence-corrected chi connectivity index (χ2v) is 3.31. The summed E-state index contributed by atoms with van der Waals surface area (Å²) in [4.78, 5) is 12.7. The van der Waals surface area contributed by atoms with Gasteiger partial charge in [0.05, 0.1) is 12.2 Å². The normalized spacial score (nSPS) is 9.92. The fourth-order valence-corrected chi connectivity index (χ4v) is 0.803. The van der Waals surface area contributed by atoms with Gasteiger partial charge in [-0.1, -0.05) is 0 Å². The van der Waals surface area contributed by atoms with Crippen molar-refractivity contribution in [3.05, 3.63) is 0 Å². The molecule has 0 radical (unpaired) electrons. The van der Waals surface area contributed by atoms with E-state index in [1.165, 1.54) is 4.90 Å². The van der Waals surface area contributed by atoms with Crippen LogP contribution in [0.4, 0.5) is 4.79 Å². The highest BCUT2D eigenvalue weighted by Gasteiger charge is 2.18. The first-order valence-electron chi connectivity index (χ1n) is 4.33. The number of amides is 1. The lowest BCUT2D eigenvalue weighted by atomic mass is 10.3. The molecule has 0 N–H and O–H groups in total. The number of ether oxygens (including phenoxy) is 1. The average Bonchev–Trinajstić information content (AvgIpc) is 1.97. The molecule has 0 spiro atoms. The molecule has 0 bridgehead atoms. The third-order valence-electron chi connectivity index (χ3n) is 1.44. The Morgan fingerprint density at radius 1 is 1.46 bits per heavy atom. The zero-order valence-electron chi connectivity index (χ0n) is 8.57. The van der Waals surface area contributed by atoms with Gasteiger partial charge < -0.3 is 4.74 Å². The van der Waals surface area contributed by atoms with E-state index in [9.17, 15) is 4.79 Å². The van der Waals surface area contributed by atoms with Crippen LogP contribution in [-0.4, -0.2) is 29.7 Å². The zero-order chi connectivity index (χ0) is 10.4. The van der Waals surface area contributed by atoms with Crippen LogP contribution in [0.5, 0.6) is 0 Å². The molecule has 0 heterocycles. The zero-order valence-corrected chi connectivity index (χ0v) is 8.57. The minimum atomic E-state index is -0.424. The van der Waals surface area contributed by atoms with Gasteiger partial charge in [-0.3, -0.25) is 4.90 Å². The fraction of sp³-hybridized carbons (Fsp3) is 0.778. The molecule has 4 heteroatoms. The SMILES string of the molecule is CC(C)OC(=O)N(CC#N)C(C)C. The first-order valence-corrected chi connectivity index (χ1v) is 4.33. The number of carbonyl (C=O) groups is 1. The quantitative estimate of drug-likeness (QED) is 0.628. The third-order valence-corrected chi connectivity index (χ3v) is 1.44. The summed E-state index contributed by atoms with van der Waals surface area (Å²) in [5.41, 5.74) is 0. The Morgan fingerprint density at radius 2 is 2.00 bits per heavy atom. The summed E-state index contributed by atoms with van der Waals surface area (Å²) in [6.45, 7) is 7.33. The molecule has 1 amide bonds. The molecule has 74 valence electrons. The Kier molecular flexibility index (Phi) is 4.90. The maximum Gasteiger partial charge on any atom is 0.411 e. The van der Waals surface area contributed by atoms with E-state index in [2.05, 4.69) is 0 Å². The van der Waals surface area contributed by atoms with Crippen LogP contribution in [0.1, 0.15) is 27.7 Å². The summed E-state index contributed by atoms with van der Waals surface area (Å²) in [6, 6.07) is 1.92. The van der Waals surface area contributed by atoms with Crippen molar-refractivity contribution in [1.29, 1.82) is 5.26 Å². The Bertz CT molecular complexity index is 206. The molecule has 0 fully saturated rings. The Labute approximate surface area is 79.1 Å². The van der Waals surface area contributed by atoms with Crippen molar-refractivity contribution >= 4 is 6.09 Å². The van der Waals surface area contributed by atoms with Crippen molar-refractivity contribution in [3.8, 4) is 6.07 Å². The van der Waals surface area contributed by atoms with Gasteiger partial charge in [0.15, 0.2) is 0 Å². The standard InChI is InChI=1S/C9H16N2O2/c1-7(2)11(6-5-10)9(12)13-8(3)4/h7-8H,6H2,1-4H3. The van der Waals surface area contributed by atoms with Crippen LogP contribution in [0.25, 0.3) is 0 Å². The van der Waals surface area contributed by atoms with E-state index in [1.807, 2.05) is 19.9 Å². The molecule has 4 nitrogen and oxygen atoms in total. The highest BCUT2D eigenvalue weighted by atomic mass is 16.6. The Hall–Kier alpha value is -1.24. The molecule has 13 heavy (non-hydrogen) atoms. The predicted molar refractivity (Wildman–Crippen MR) is 49.1 cm³/mol. The number of nitriles is 1. The monoisotopic (exact) mass is 184 g/mol. The Morgan fingerprint density at radius 3 is 2.31 bits per heavy atom. The van der Waals surface area contributed by atoms with E-state index in [1.54, 1.807) is 13.8 Å². The van der Waals surface area contributed by atoms with Crippen molar-refractivity contribution in [2.75, 3.05) is 6.54 Å². The van der Waals surface area contributed by atoms with Crippen molar-refractivity contribution in [2.45, 2.75) is 39.8 Å². The predicted octanol–water partition coefficient (Wildman–Crippen LogP) is 1.77. The topological polar surface area (TPSA) is 53.3 Å². The van der Waals surface area contributed by atoms with Crippen LogP contribution < -0.4 is 0 Å². The molecule has 0 saturated carbocycles. The molecular formula is C9H16N2O2. The highest BCUT2D eigenvalue weighted by molar-refractivity contribution is 5.68. The second kappa shape index (κ2) is 5.41. The fourth-order valence-electron chi connectivity index (χ4n) is 0.803. The first-order chi connectivity index (χ1) is 5.99. The lowest BCUT2D eigenvalue weighted by Gasteiger charge is -2.24. The maximum absolute atomic E-state index is 11.3. The molecule has 0 unspecified atom stereocenters. The van der Waals surface area contributed by atoms with Gasteiger partial charge in [0.2, 0.25) is 0 Å². The molecule has 0 aliphatic carbocycles. The summed E-state index contributed by atoms with van der Waals surface area (Å²) in [5, 5.41) is 8.47. The van der Waals surface area contributed by atoms with Gasteiger partial charge >= 0.3 is 6.09 Å². The summed E-state index contributed by atoms with van der Waals surface area (Å²) >= 11 is 0. The van der Waals surface area contributed by atoms with Crippen molar-refractivity contribution < 1.29 is 9.53 Å². The van der Waals surface area contributed by atoms with Crippen molar-refractivity contribution in [3.63, 3.8) is 0 Å². The van der Waals surface area contributed by atoms with E-state index < -0.39 is 6.09 Å².